The third-order valence-corrected chi connectivity index (χ3v) is 9.23. The third-order valence-electron chi connectivity index (χ3n) is 9.23. The van der Waals surface area contributed by atoms with Crippen molar-refractivity contribution in [2.24, 2.45) is 0 Å². The molecule has 3 aliphatic rings. The number of aliphatic hydroxyl groups is 9. The van der Waals surface area contributed by atoms with Gasteiger partial charge >= 0.3 is 0 Å². The summed E-state index contributed by atoms with van der Waals surface area (Å²) in [6, 6.07) is 7.27. The lowest BCUT2D eigenvalue weighted by Gasteiger charge is -2.45. The van der Waals surface area contributed by atoms with Gasteiger partial charge in [0.25, 0.3) is 5.75 Å². The average Bonchev–Trinajstić information content (AvgIpc) is 3.14. The fourth-order valence-electron chi connectivity index (χ4n) is 6.05. The molecule has 2 aromatic carbocycles. The van der Waals surface area contributed by atoms with Crippen LogP contribution in [-0.2, 0) is 28.7 Å². The Morgan fingerprint density at radius 3 is 1.93 bits per heavy atom. The van der Waals surface area contributed by atoms with Gasteiger partial charge in [0.2, 0.25) is 18.0 Å². The first kappa shape index (κ1) is 39.9. The van der Waals surface area contributed by atoms with E-state index in [4.69, 9.17) is 42.9 Å². The Morgan fingerprint density at radius 1 is 0.667 bits per heavy atom. The Labute approximate surface area is 303 Å². The maximum atomic E-state index is 13.8. The van der Waals surface area contributed by atoms with Crippen LogP contribution in [-0.4, -0.2) is 155 Å². The van der Waals surface area contributed by atoms with Crippen LogP contribution in [0.3, 0.4) is 0 Å². The van der Waals surface area contributed by atoms with Gasteiger partial charge in [0.1, 0.15) is 83.5 Å². The predicted molar refractivity (Wildman–Crippen MR) is 172 cm³/mol. The molecule has 3 saturated heterocycles. The highest BCUT2D eigenvalue weighted by atomic mass is 17.2. The quantitative estimate of drug-likeness (QED) is 0.0721. The van der Waals surface area contributed by atoms with Crippen molar-refractivity contribution < 1.29 is 99.1 Å². The van der Waals surface area contributed by atoms with Gasteiger partial charge in [-0.1, -0.05) is 0 Å². The third kappa shape index (κ3) is 7.70. The Hall–Kier alpha value is -3.75. The molecule has 0 saturated carbocycles. The molecule has 21 heteroatoms. The van der Waals surface area contributed by atoms with E-state index in [9.17, 15) is 61.0 Å². The van der Waals surface area contributed by atoms with Crippen LogP contribution in [0.15, 0.2) is 45.6 Å². The van der Waals surface area contributed by atoms with Gasteiger partial charge in [-0.15, -0.1) is 0 Å². The second kappa shape index (κ2) is 16.2. The molecule has 6 rings (SSSR count). The molecule has 3 aromatic rings. The van der Waals surface area contributed by atoms with Crippen molar-refractivity contribution in [3.63, 3.8) is 0 Å². The summed E-state index contributed by atoms with van der Waals surface area (Å²) in [6.07, 6.45) is -23.9. The molecule has 0 aliphatic carbocycles. The van der Waals surface area contributed by atoms with Crippen molar-refractivity contribution in [1.82, 2.24) is 0 Å². The summed E-state index contributed by atoms with van der Waals surface area (Å²) in [6.45, 7) is 2.02. The van der Waals surface area contributed by atoms with Crippen molar-refractivity contribution in [3.05, 3.63) is 46.6 Å². The molecule has 15 atom stereocenters. The number of phenols is 2. The maximum Gasteiger partial charge on any atom is 0.256 e. The molecule has 54 heavy (non-hydrogen) atoms. The molecule has 3 fully saturated rings. The first-order valence-corrected chi connectivity index (χ1v) is 16.6. The number of benzene rings is 2. The standard InChI is InChI=1S/C33H40O21/c1-10-19(37)23(41)26(44)32(46-10)54-52-30-22(40)18-15(36)7-14(8-16(18)48-28(30)12-3-5-13(35)6-4-12)51-53-33-27(45)29(20(38)11(2)47-33)50-31-25(43)24(42)21(39)17(9-34)49-31/h3-8,10-11,17,19-21,23-27,29,31-39,41-45H,9H2,1-2H3. The van der Waals surface area contributed by atoms with Crippen LogP contribution < -0.4 is 15.2 Å². The monoisotopic (exact) mass is 772 g/mol. The lowest BCUT2D eigenvalue weighted by atomic mass is 9.97. The van der Waals surface area contributed by atoms with E-state index >= 15 is 0 Å². The van der Waals surface area contributed by atoms with E-state index in [0.717, 1.165) is 12.1 Å². The van der Waals surface area contributed by atoms with E-state index in [1.165, 1.54) is 38.1 Å². The fraction of sp³-hybridized carbons (Fsp3) is 0.545. The summed E-state index contributed by atoms with van der Waals surface area (Å²) < 4.78 is 27.7. The minimum atomic E-state index is -1.87. The topological polar surface area (TPSA) is 327 Å². The average molecular weight is 773 g/mol. The second-order valence-corrected chi connectivity index (χ2v) is 13.0. The van der Waals surface area contributed by atoms with Gasteiger partial charge in [0.05, 0.1) is 18.8 Å². The zero-order valence-corrected chi connectivity index (χ0v) is 28.3. The summed E-state index contributed by atoms with van der Waals surface area (Å²) in [4.78, 5) is 34.8. The molecule has 4 heterocycles. The number of fused-ring (bicyclic) bond motifs is 1. The van der Waals surface area contributed by atoms with Crippen LogP contribution in [0.1, 0.15) is 13.8 Å². The lowest BCUT2D eigenvalue weighted by molar-refractivity contribution is -0.401. The maximum absolute atomic E-state index is 13.8. The lowest BCUT2D eigenvalue weighted by Crippen LogP contribution is -2.64. The fourth-order valence-corrected chi connectivity index (χ4v) is 6.05. The minimum Gasteiger partial charge on any atom is -0.508 e. The van der Waals surface area contributed by atoms with Gasteiger partial charge in [-0.2, -0.15) is 9.78 Å². The van der Waals surface area contributed by atoms with Gasteiger partial charge in [-0.05, 0) is 38.1 Å². The minimum absolute atomic E-state index is 0.138. The molecule has 21 nitrogen and oxygen atoms in total. The Bertz CT molecular complexity index is 1800. The number of aliphatic hydroxyl groups excluding tert-OH is 9. The van der Waals surface area contributed by atoms with Gasteiger partial charge in [0.15, 0.2) is 17.8 Å². The zero-order valence-electron chi connectivity index (χ0n) is 28.3. The van der Waals surface area contributed by atoms with Crippen molar-refractivity contribution in [2.75, 3.05) is 6.61 Å². The van der Waals surface area contributed by atoms with Crippen LogP contribution in [0.2, 0.25) is 0 Å². The Balaban J connectivity index is 1.24. The van der Waals surface area contributed by atoms with E-state index in [1.54, 1.807) is 0 Å². The number of hydrogen-bond donors (Lipinski definition) is 11. The van der Waals surface area contributed by atoms with Gasteiger partial charge < -0.3 is 89.3 Å². The highest BCUT2D eigenvalue weighted by molar-refractivity contribution is 5.88. The molecule has 0 amide bonds. The molecule has 1 aromatic heterocycles. The molecule has 0 spiro atoms. The molecule has 0 bridgehead atoms. The molecule has 298 valence electrons. The number of hydrogen-bond acceptors (Lipinski definition) is 21. The molecular weight excluding hydrogens is 732 g/mol. The van der Waals surface area contributed by atoms with E-state index in [1.807, 2.05) is 0 Å². The van der Waals surface area contributed by atoms with Crippen molar-refractivity contribution >= 4 is 11.0 Å². The summed E-state index contributed by atoms with van der Waals surface area (Å²) in [5.41, 5.74) is -1.17. The number of ether oxygens (including phenoxy) is 4. The van der Waals surface area contributed by atoms with E-state index in [0.29, 0.717) is 0 Å². The smallest absolute Gasteiger partial charge is 0.256 e. The number of rotatable bonds is 10. The van der Waals surface area contributed by atoms with Gasteiger partial charge in [-0.25, -0.2) is 0 Å². The summed E-state index contributed by atoms with van der Waals surface area (Å²) >= 11 is 0. The second-order valence-electron chi connectivity index (χ2n) is 13.0. The first-order chi connectivity index (χ1) is 25.6. The summed E-state index contributed by atoms with van der Waals surface area (Å²) in [5, 5.41) is 113. The molecule has 15 unspecified atom stereocenters. The van der Waals surface area contributed by atoms with E-state index in [2.05, 4.69) is 0 Å². The van der Waals surface area contributed by atoms with Crippen molar-refractivity contribution in [1.29, 1.82) is 0 Å². The van der Waals surface area contributed by atoms with Crippen LogP contribution in [0.25, 0.3) is 22.3 Å². The van der Waals surface area contributed by atoms with E-state index in [-0.39, 0.29) is 28.4 Å². The SMILES string of the molecule is CC1OC(OOc2c(-c3ccc(O)cc3)oc3cc(OOC4OC(C)C(O)C(OC5OC(CO)C(O)C(O)C5O)C4O)cc(O)c3c2=O)C(O)C(O)C1O. The Morgan fingerprint density at radius 2 is 1.26 bits per heavy atom. The number of phenolic OH excluding ortho intramolecular Hbond substituents is 2. The van der Waals surface area contributed by atoms with Crippen LogP contribution in [0.5, 0.6) is 23.0 Å². The normalized spacial score (nSPS) is 37.3. The van der Waals surface area contributed by atoms with Gasteiger partial charge in [-0.3, -0.25) is 4.79 Å². The number of aromatic hydroxyl groups is 2. The molecule has 0 radical (unpaired) electrons. The van der Waals surface area contributed by atoms with Crippen LogP contribution in [0, 0.1) is 0 Å². The predicted octanol–water partition coefficient (Wildman–Crippen LogP) is -3.03. The van der Waals surface area contributed by atoms with Crippen LogP contribution in [0.4, 0.5) is 0 Å². The van der Waals surface area contributed by atoms with E-state index < -0.39 is 121 Å². The molecular formula is C33H40O21. The van der Waals surface area contributed by atoms with Gasteiger partial charge in [0, 0.05) is 17.7 Å². The molecule has 3 aliphatic heterocycles. The highest BCUT2D eigenvalue weighted by Crippen LogP contribution is 2.38. The summed E-state index contributed by atoms with van der Waals surface area (Å²) in [7, 11) is 0. The van der Waals surface area contributed by atoms with Crippen LogP contribution >= 0.6 is 0 Å². The van der Waals surface area contributed by atoms with Crippen molar-refractivity contribution in [3.8, 4) is 34.3 Å². The summed E-state index contributed by atoms with van der Waals surface area (Å²) in [5.74, 6) is -2.16. The van der Waals surface area contributed by atoms with Crippen molar-refractivity contribution in [2.45, 2.75) is 106 Å². The molecule has 11 N–H and O–H groups in total. The first-order valence-electron chi connectivity index (χ1n) is 16.6. The highest BCUT2D eigenvalue weighted by Gasteiger charge is 2.51. The Kier molecular flexibility index (Phi) is 11.9. The zero-order chi connectivity index (χ0) is 39.2. The largest absolute Gasteiger partial charge is 0.508 e.